The summed E-state index contributed by atoms with van der Waals surface area (Å²) in [5, 5.41) is 87.3. The van der Waals surface area contributed by atoms with Gasteiger partial charge in [-0.3, -0.25) is 4.79 Å². The Bertz CT molecular complexity index is 1460. The minimum atomic E-state index is -1.79. The van der Waals surface area contributed by atoms with Crippen molar-refractivity contribution in [2.24, 2.45) is 0 Å². The zero-order valence-electron chi connectivity index (χ0n) is 54.2. The largest absolute Gasteiger partial charge is 0.394 e. The summed E-state index contributed by atoms with van der Waals surface area (Å²) in [6.45, 7) is 2.85. The van der Waals surface area contributed by atoms with E-state index in [0.717, 1.165) is 38.5 Å². The van der Waals surface area contributed by atoms with Crippen molar-refractivity contribution in [1.82, 2.24) is 5.32 Å². The van der Waals surface area contributed by atoms with Crippen LogP contribution in [-0.2, 0) is 23.7 Å². The first-order valence-corrected chi connectivity index (χ1v) is 35.9. The van der Waals surface area contributed by atoms with E-state index < -0.39 is 86.8 Å². The smallest absolute Gasteiger partial charge is 0.220 e. The van der Waals surface area contributed by atoms with Crippen LogP contribution in [0.5, 0.6) is 0 Å². The Balaban J connectivity index is 1.58. The maximum Gasteiger partial charge on any atom is 0.220 e. The molecule has 0 aliphatic carbocycles. The van der Waals surface area contributed by atoms with E-state index in [-0.39, 0.29) is 18.9 Å². The summed E-state index contributed by atoms with van der Waals surface area (Å²) in [6, 6.07) is -0.910. The molecule has 2 fully saturated rings. The third-order valence-corrected chi connectivity index (χ3v) is 18.0. The van der Waals surface area contributed by atoms with Crippen LogP contribution < -0.4 is 5.32 Å². The molecule has 0 saturated carbocycles. The molecule has 2 aliphatic rings. The molecule has 0 aromatic heterocycles. The van der Waals surface area contributed by atoms with Gasteiger partial charge in [0, 0.05) is 6.42 Å². The number of hydrogen-bond acceptors (Lipinski definition) is 13. The van der Waals surface area contributed by atoms with Crippen molar-refractivity contribution in [3.8, 4) is 0 Å². The fraction of sp³-hybridized carbons (Fsp3) is 0.957. The fourth-order valence-corrected chi connectivity index (χ4v) is 12.2. The summed E-state index contributed by atoms with van der Waals surface area (Å²) in [4.78, 5) is 13.3. The van der Waals surface area contributed by atoms with Crippen molar-refractivity contribution in [2.45, 2.75) is 408 Å². The van der Waals surface area contributed by atoms with Crippen LogP contribution in [0.1, 0.15) is 335 Å². The molecule has 2 saturated heterocycles. The van der Waals surface area contributed by atoms with E-state index >= 15 is 0 Å². The first-order valence-electron chi connectivity index (χ1n) is 35.9. The third kappa shape index (κ3) is 39.7. The molecule has 0 bridgehead atoms. The van der Waals surface area contributed by atoms with Crippen LogP contribution in [0.25, 0.3) is 0 Å². The zero-order chi connectivity index (χ0) is 60.9. The van der Waals surface area contributed by atoms with Crippen LogP contribution in [0.2, 0.25) is 0 Å². The highest BCUT2D eigenvalue weighted by Crippen LogP contribution is 2.30. The van der Waals surface area contributed by atoms with E-state index in [2.05, 4.69) is 19.2 Å². The van der Waals surface area contributed by atoms with Gasteiger partial charge >= 0.3 is 0 Å². The van der Waals surface area contributed by atoms with Crippen molar-refractivity contribution in [3.05, 3.63) is 12.2 Å². The Hall–Kier alpha value is -1.27. The molecule has 0 aromatic carbocycles. The average molecular weight is 1200 g/mol. The molecule has 14 nitrogen and oxygen atoms in total. The zero-order valence-corrected chi connectivity index (χ0v) is 54.2. The second kappa shape index (κ2) is 55.8. The molecule has 84 heavy (non-hydrogen) atoms. The lowest BCUT2D eigenvalue weighted by molar-refractivity contribution is -0.359. The molecule has 0 spiro atoms. The van der Waals surface area contributed by atoms with Crippen LogP contribution in [0.3, 0.4) is 0 Å². The number of rotatable bonds is 60. The maximum absolute atomic E-state index is 13.3. The second-order valence-electron chi connectivity index (χ2n) is 25.7. The fourth-order valence-electron chi connectivity index (χ4n) is 12.2. The van der Waals surface area contributed by atoms with Gasteiger partial charge in [0.15, 0.2) is 12.6 Å². The molecule has 2 heterocycles. The third-order valence-electron chi connectivity index (χ3n) is 18.0. The van der Waals surface area contributed by atoms with E-state index in [4.69, 9.17) is 18.9 Å². The molecule has 4 unspecified atom stereocenters. The Morgan fingerprint density at radius 3 is 1.10 bits per heavy atom. The number of unbranched alkanes of at least 4 members (excludes halogenated alkanes) is 47. The summed E-state index contributed by atoms with van der Waals surface area (Å²) in [6.07, 6.45) is 51.5. The molecule has 2 rings (SSSR count). The Morgan fingerprint density at radius 1 is 0.417 bits per heavy atom. The average Bonchev–Trinajstić information content (AvgIpc) is 3.57. The van der Waals surface area contributed by atoms with E-state index in [1.165, 1.54) is 270 Å². The number of nitrogens with one attached hydrogen (secondary N) is 1. The van der Waals surface area contributed by atoms with Gasteiger partial charge in [0.1, 0.15) is 48.8 Å². The van der Waals surface area contributed by atoms with Gasteiger partial charge in [0.05, 0.1) is 32.0 Å². The van der Waals surface area contributed by atoms with Gasteiger partial charge in [-0.1, -0.05) is 321 Å². The van der Waals surface area contributed by atoms with Gasteiger partial charge in [-0.25, -0.2) is 0 Å². The topological polar surface area (TPSA) is 228 Å². The van der Waals surface area contributed by atoms with Gasteiger partial charge in [-0.2, -0.15) is 0 Å². The minimum Gasteiger partial charge on any atom is -0.394 e. The van der Waals surface area contributed by atoms with Crippen molar-refractivity contribution in [1.29, 1.82) is 0 Å². The summed E-state index contributed by atoms with van der Waals surface area (Å²) in [5.74, 6) is -0.232. The first kappa shape index (κ1) is 78.8. The molecule has 0 radical (unpaired) electrons. The molecule has 1 amide bonds. The van der Waals surface area contributed by atoms with E-state index in [1.807, 2.05) is 6.08 Å². The molecule has 2 aliphatic heterocycles. The lowest BCUT2D eigenvalue weighted by Gasteiger charge is -2.46. The Kier molecular flexibility index (Phi) is 52.3. The van der Waals surface area contributed by atoms with Gasteiger partial charge in [-0.05, 0) is 19.3 Å². The van der Waals surface area contributed by atoms with Crippen LogP contribution >= 0.6 is 0 Å². The standard InChI is InChI=1S/C70H135NO13/c1-3-5-7-9-11-13-15-17-19-20-21-22-23-24-25-26-27-28-29-30-31-32-33-34-35-36-37-38-40-42-44-46-48-50-52-54-62(75)71-58(59(74)53-51-49-47-45-43-41-39-18-16-14-12-10-8-6-4-2)57-81-69-67(80)65(78)68(61(56-73)83-69)84-70-66(79)64(77)63(76)60(55-72)82-70/h51,53,58-61,63-70,72-74,76-80H,3-50,52,54-57H2,1-2H3,(H,71,75)/b53-51+/t58-,59+,60+,61+,63-,64?,65?,66?,67?,68+,69+,70-/m0/s1. The molecular weight excluding hydrogens is 1060 g/mol. The quantitative estimate of drug-likeness (QED) is 0.0204. The van der Waals surface area contributed by atoms with Crippen molar-refractivity contribution < 1.29 is 64.6 Å². The monoisotopic (exact) mass is 1200 g/mol. The van der Waals surface area contributed by atoms with Crippen LogP contribution in [0.15, 0.2) is 12.2 Å². The summed E-state index contributed by atoms with van der Waals surface area (Å²) in [7, 11) is 0. The molecule has 12 atom stereocenters. The van der Waals surface area contributed by atoms with Crippen molar-refractivity contribution in [2.75, 3.05) is 19.8 Å². The van der Waals surface area contributed by atoms with E-state index in [1.54, 1.807) is 6.08 Å². The summed E-state index contributed by atoms with van der Waals surface area (Å²) < 4.78 is 22.8. The number of aliphatic hydroxyl groups is 8. The summed E-state index contributed by atoms with van der Waals surface area (Å²) in [5.41, 5.74) is 0. The number of allylic oxidation sites excluding steroid dienone is 1. The highest BCUT2D eigenvalue weighted by molar-refractivity contribution is 5.76. The van der Waals surface area contributed by atoms with Crippen LogP contribution in [-0.4, -0.2) is 140 Å². The number of hydrogen-bond donors (Lipinski definition) is 9. The number of carbonyl (C=O) groups excluding carboxylic acids is 1. The number of aliphatic hydroxyl groups excluding tert-OH is 8. The highest BCUT2D eigenvalue weighted by Gasteiger charge is 2.51. The van der Waals surface area contributed by atoms with Crippen molar-refractivity contribution >= 4 is 5.91 Å². The second-order valence-corrected chi connectivity index (χ2v) is 25.7. The Labute approximate surface area is 514 Å². The molecule has 9 N–H and O–H groups in total. The van der Waals surface area contributed by atoms with Crippen molar-refractivity contribution in [3.63, 3.8) is 0 Å². The van der Waals surface area contributed by atoms with Gasteiger partial charge in [0.25, 0.3) is 0 Å². The number of carbonyl (C=O) groups is 1. The number of ether oxygens (including phenoxy) is 4. The minimum absolute atomic E-state index is 0.232. The Morgan fingerprint density at radius 2 is 0.738 bits per heavy atom. The lowest BCUT2D eigenvalue weighted by Crippen LogP contribution is -2.65. The normalized spacial score (nSPS) is 23.6. The van der Waals surface area contributed by atoms with E-state index in [0.29, 0.717) is 6.42 Å². The highest BCUT2D eigenvalue weighted by atomic mass is 16.7. The van der Waals surface area contributed by atoms with Gasteiger partial charge in [0.2, 0.25) is 5.91 Å². The molecule has 14 heteroatoms. The molecular formula is C70H135NO13. The van der Waals surface area contributed by atoms with Gasteiger partial charge < -0.3 is 65.1 Å². The lowest BCUT2D eigenvalue weighted by atomic mass is 9.97. The molecule has 498 valence electrons. The molecule has 0 aromatic rings. The predicted octanol–water partition coefficient (Wildman–Crippen LogP) is 14.6. The van der Waals surface area contributed by atoms with Crippen LogP contribution in [0, 0.1) is 0 Å². The first-order chi connectivity index (χ1) is 41.1. The maximum atomic E-state index is 13.3. The summed E-state index contributed by atoms with van der Waals surface area (Å²) >= 11 is 0. The predicted molar refractivity (Wildman–Crippen MR) is 342 cm³/mol. The SMILES string of the molecule is CCCCCCCCCCCCCCC/C=C/[C@@H](O)[C@H](CO[C@@H]1O[C@H](CO)[C@@H](O[C@@H]2O[C@H](CO)[C@H](O)C(O)C2O)C(O)C1O)NC(=O)CCCCCCCCCCCCCCCCCCCCCCCCCCCCCCCCCCCCC. The number of amides is 1. The van der Waals surface area contributed by atoms with E-state index in [9.17, 15) is 45.6 Å². The van der Waals surface area contributed by atoms with Gasteiger partial charge in [-0.15, -0.1) is 0 Å². The van der Waals surface area contributed by atoms with Crippen LogP contribution in [0.4, 0.5) is 0 Å².